The molecular formula is C62H38O6. The van der Waals surface area contributed by atoms with E-state index in [1.807, 2.05) is 48.5 Å². The summed E-state index contributed by atoms with van der Waals surface area (Å²) in [5.41, 5.74) is 6.24. The Morgan fingerprint density at radius 1 is 0.294 bits per heavy atom. The molecule has 0 radical (unpaired) electrons. The third-order valence-corrected chi connectivity index (χ3v) is 13.1. The minimum absolute atomic E-state index is 0.181. The van der Waals surface area contributed by atoms with Gasteiger partial charge in [-0.15, -0.1) is 0 Å². The topological polar surface area (TPSA) is 93.1 Å². The Bertz CT molecular complexity index is 3780. The molecule has 0 aliphatic heterocycles. The fraction of sp³-hybridized carbons (Fsp3) is 0. The Labute approximate surface area is 390 Å². The molecule has 0 saturated heterocycles. The maximum Gasteiger partial charge on any atom is 0.336 e. The van der Waals surface area contributed by atoms with Gasteiger partial charge in [0.2, 0.25) is 0 Å². The minimum Gasteiger partial charge on any atom is -0.478 e. The average Bonchev–Trinajstić information content (AvgIpc) is 3.38. The highest BCUT2D eigenvalue weighted by molar-refractivity contribution is 6.13. The summed E-state index contributed by atoms with van der Waals surface area (Å²) in [4.78, 5) is 24.8. The summed E-state index contributed by atoms with van der Waals surface area (Å²) < 4.78 is 14.2. The van der Waals surface area contributed by atoms with E-state index in [9.17, 15) is 19.8 Å². The van der Waals surface area contributed by atoms with Crippen LogP contribution in [0.5, 0.6) is 23.0 Å². The highest BCUT2D eigenvalue weighted by Gasteiger charge is 2.24. The zero-order valence-electron chi connectivity index (χ0n) is 36.3. The molecule has 0 spiro atoms. The fourth-order valence-electron chi connectivity index (χ4n) is 9.93. The lowest BCUT2D eigenvalue weighted by atomic mass is 9.89. The number of carbonyl (C=O) groups is 2. The summed E-state index contributed by atoms with van der Waals surface area (Å²) in [6.07, 6.45) is 0. The van der Waals surface area contributed by atoms with Crippen molar-refractivity contribution in [2.24, 2.45) is 0 Å². The molecule has 0 fully saturated rings. The van der Waals surface area contributed by atoms with Crippen molar-refractivity contribution in [3.05, 3.63) is 230 Å². The van der Waals surface area contributed by atoms with Gasteiger partial charge in [-0.05, 0) is 125 Å². The van der Waals surface area contributed by atoms with Crippen LogP contribution >= 0.6 is 0 Å². The normalized spacial score (nSPS) is 11.5. The van der Waals surface area contributed by atoms with E-state index in [2.05, 4.69) is 133 Å². The lowest BCUT2D eigenvalue weighted by Crippen LogP contribution is -2.00. The molecule has 0 saturated carbocycles. The molecule has 6 nitrogen and oxygen atoms in total. The third-order valence-electron chi connectivity index (χ3n) is 13.1. The van der Waals surface area contributed by atoms with Crippen LogP contribution in [0.4, 0.5) is 0 Å². The Morgan fingerprint density at radius 2 is 0.662 bits per heavy atom. The molecule has 6 heteroatoms. The van der Waals surface area contributed by atoms with Gasteiger partial charge in [-0.25, -0.2) is 9.59 Å². The van der Waals surface area contributed by atoms with Crippen molar-refractivity contribution in [2.45, 2.75) is 0 Å². The van der Waals surface area contributed by atoms with Crippen molar-refractivity contribution in [3.8, 4) is 56.4 Å². The molecule has 0 amide bonds. The van der Waals surface area contributed by atoms with Gasteiger partial charge in [0.1, 0.15) is 23.0 Å². The second kappa shape index (κ2) is 16.3. The van der Waals surface area contributed by atoms with Crippen LogP contribution in [0.1, 0.15) is 20.7 Å². The first-order valence-corrected chi connectivity index (χ1v) is 22.3. The van der Waals surface area contributed by atoms with Gasteiger partial charge >= 0.3 is 11.9 Å². The smallest absolute Gasteiger partial charge is 0.336 e. The van der Waals surface area contributed by atoms with E-state index in [1.54, 1.807) is 36.4 Å². The molecule has 68 heavy (non-hydrogen) atoms. The van der Waals surface area contributed by atoms with Crippen LogP contribution in [0.2, 0.25) is 0 Å². The standard InChI is InChI=1S/C62H38O6/c63-61(64)53-29-33-55(51-19-7-5-17-49(51)53)67-57-31-25-41-35-39(45-21-9-13-37-11-1-3-15-43(37)45)23-27-47(41)59(57)60-48-28-24-40(46-22-10-14-38-12-2-4-16-44(38)46)36-42(48)26-32-58(60)68-56-34-30-54(62(65)66)50-18-6-8-20-52(50)56/h1-36H,(H,63,64)(H,65,66). The number of carboxylic acid groups (broad SMARTS) is 2. The molecule has 0 unspecified atom stereocenters. The Kier molecular flexibility index (Phi) is 9.66. The van der Waals surface area contributed by atoms with Gasteiger partial charge in [-0.3, -0.25) is 0 Å². The molecule has 12 aromatic rings. The largest absolute Gasteiger partial charge is 0.478 e. The molecule has 12 aromatic carbocycles. The van der Waals surface area contributed by atoms with Crippen molar-refractivity contribution in [3.63, 3.8) is 0 Å². The summed E-state index contributed by atoms with van der Waals surface area (Å²) in [6, 6.07) is 72.0. The molecule has 2 N–H and O–H groups in total. The lowest BCUT2D eigenvalue weighted by molar-refractivity contribution is 0.0688. The summed E-state index contributed by atoms with van der Waals surface area (Å²) in [7, 11) is 0. The number of hydrogen-bond acceptors (Lipinski definition) is 4. The maximum absolute atomic E-state index is 12.4. The first-order valence-electron chi connectivity index (χ1n) is 22.3. The van der Waals surface area contributed by atoms with Gasteiger partial charge in [0.15, 0.2) is 0 Å². The number of hydrogen-bond donors (Lipinski definition) is 2. The van der Waals surface area contributed by atoms with Crippen molar-refractivity contribution < 1.29 is 29.3 Å². The zero-order chi connectivity index (χ0) is 45.9. The Balaban J connectivity index is 1.14. The van der Waals surface area contributed by atoms with Crippen LogP contribution in [-0.4, -0.2) is 22.2 Å². The number of aromatic carboxylic acids is 2. The van der Waals surface area contributed by atoms with Gasteiger partial charge < -0.3 is 19.7 Å². The SMILES string of the molecule is O=C(O)c1ccc(Oc2ccc3cc(-c4cccc5ccccc45)ccc3c2-c2c(Oc3ccc(C(=O)O)c4ccccc34)ccc3cc(-c4cccc5ccccc45)ccc23)c2ccccc12. The second-order valence-electron chi connectivity index (χ2n) is 16.9. The number of fused-ring (bicyclic) bond motifs is 6. The minimum atomic E-state index is -1.02. The number of benzene rings is 12. The quantitative estimate of drug-likeness (QED) is 0.150. The van der Waals surface area contributed by atoms with Crippen LogP contribution in [0, 0.1) is 0 Å². The van der Waals surface area contributed by atoms with Gasteiger partial charge in [-0.1, -0.05) is 170 Å². The van der Waals surface area contributed by atoms with Crippen molar-refractivity contribution >= 4 is 76.6 Å². The van der Waals surface area contributed by atoms with Gasteiger partial charge in [0, 0.05) is 21.9 Å². The van der Waals surface area contributed by atoms with Crippen molar-refractivity contribution in [2.75, 3.05) is 0 Å². The second-order valence-corrected chi connectivity index (χ2v) is 16.9. The summed E-state index contributed by atoms with van der Waals surface area (Å²) in [5, 5.41) is 31.1. The van der Waals surface area contributed by atoms with E-state index < -0.39 is 11.9 Å². The highest BCUT2D eigenvalue weighted by atomic mass is 16.5. The van der Waals surface area contributed by atoms with Crippen LogP contribution in [-0.2, 0) is 0 Å². The van der Waals surface area contributed by atoms with Gasteiger partial charge in [-0.2, -0.15) is 0 Å². The fourth-order valence-corrected chi connectivity index (χ4v) is 9.93. The van der Waals surface area contributed by atoms with Gasteiger partial charge in [0.25, 0.3) is 0 Å². The Morgan fingerprint density at radius 3 is 1.09 bits per heavy atom. The highest BCUT2D eigenvalue weighted by Crippen LogP contribution is 2.50. The van der Waals surface area contributed by atoms with E-state index in [0.29, 0.717) is 44.5 Å². The zero-order valence-corrected chi connectivity index (χ0v) is 36.3. The lowest BCUT2D eigenvalue weighted by Gasteiger charge is -2.21. The maximum atomic E-state index is 12.4. The summed E-state index contributed by atoms with van der Waals surface area (Å²) in [6.45, 7) is 0. The van der Waals surface area contributed by atoms with Crippen molar-refractivity contribution in [1.82, 2.24) is 0 Å². The van der Waals surface area contributed by atoms with E-state index in [0.717, 1.165) is 76.5 Å². The predicted molar refractivity (Wildman–Crippen MR) is 275 cm³/mol. The van der Waals surface area contributed by atoms with Crippen LogP contribution in [0.15, 0.2) is 218 Å². The van der Waals surface area contributed by atoms with Crippen LogP contribution < -0.4 is 9.47 Å². The van der Waals surface area contributed by atoms with Crippen molar-refractivity contribution in [1.29, 1.82) is 0 Å². The molecule has 0 aromatic heterocycles. The first-order chi connectivity index (χ1) is 33.4. The molecule has 12 rings (SSSR count). The number of rotatable bonds is 9. The average molecular weight is 879 g/mol. The first kappa shape index (κ1) is 40.3. The number of carboxylic acids is 2. The molecule has 0 aliphatic rings. The van der Waals surface area contributed by atoms with E-state index in [-0.39, 0.29) is 11.1 Å². The van der Waals surface area contributed by atoms with E-state index in [1.165, 1.54) is 0 Å². The molecule has 0 bridgehead atoms. The molecule has 0 atom stereocenters. The Hall–Kier alpha value is -9.26. The van der Waals surface area contributed by atoms with Crippen LogP contribution in [0.25, 0.3) is 98.0 Å². The monoisotopic (exact) mass is 878 g/mol. The third kappa shape index (κ3) is 6.82. The van der Waals surface area contributed by atoms with E-state index in [4.69, 9.17) is 9.47 Å². The van der Waals surface area contributed by atoms with Crippen LogP contribution in [0.3, 0.4) is 0 Å². The molecule has 0 aliphatic carbocycles. The summed E-state index contributed by atoms with van der Waals surface area (Å²) >= 11 is 0. The molecule has 322 valence electrons. The van der Waals surface area contributed by atoms with Gasteiger partial charge in [0.05, 0.1) is 11.1 Å². The predicted octanol–water partition coefficient (Wildman–Crippen LogP) is 16.6. The molecule has 0 heterocycles. The number of ether oxygens (including phenoxy) is 2. The summed E-state index contributed by atoms with van der Waals surface area (Å²) in [5.74, 6) is 0.0101. The molecular weight excluding hydrogens is 841 g/mol. The van der Waals surface area contributed by atoms with E-state index >= 15 is 0 Å².